The van der Waals surface area contributed by atoms with Crippen molar-refractivity contribution in [3.63, 3.8) is 0 Å². The molecular weight excluding hydrogens is 485 g/mol. The first-order valence-corrected chi connectivity index (χ1v) is 12.3. The Morgan fingerprint density at radius 2 is 1.89 bits per heavy atom. The van der Waals surface area contributed by atoms with Gasteiger partial charge in [0.25, 0.3) is 5.91 Å². The van der Waals surface area contributed by atoms with E-state index in [4.69, 9.17) is 5.84 Å². The summed E-state index contributed by atoms with van der Waals surface area (Å²) in [7, 11) is 0. The Bertz CT molecular complexity index is 1450. The lowest BCUT2D eigenvalue weighted by Crippen LogP contribution is -2.49. The third kappa shape index (κ3) is 6.39. The first kappa shape index (κ1) is 26.5. The summed E-state index contributed by atoms with van der Waals surface area (Å²) < 4.78 is 14.7. The minimum Gasteiger partial charge on any atom is -0.353 e. The molecule has 1 amide bonds. The molecule has 196 valence electrons. The second-order valence-corrected chi connectivity index (χ2v) is 8.99. The molecule has 3 heterocycles. The molecule has 0 atom stereocenters. The standard InChI is InChI=1S/C28H30FN7O2/c1-19(6-4-3-5-7-20(2)37)25(34-30)17-21-8-9-23(29)22(16-21)28(38)36-14-12-35(13-15-36)26-11-10-24-27(33-26)32-18-31-24/h3-11,16,18H,12-15,17,30H2,1-2H3,(H,31,32,33)/b4-3-,7-5+,19-6+,34-25-. The number of imidazole rings is 1. The first-order valence-electron chi connectivity index (χ1n) is 12.3. The summed E-state index contributed by atoms with van der Waals surface area (Å²) in [5, 5.41) is 3.89. The molecule has 1 aromatic carbocycles. The molecule has 0 aliphatic carbocycles. The molecule has 0 bridgehead atoms. The molecule has 3 aromatic rings. The lowest BCUT2D eigenvalue weighted by molar-refractivity contribution is -0.112. The van der Waals surface area contributed by atoms with E-state index in [2.05, 4.69) is 25.0 Å². The van der Waals surface area contributed by atoms with Crippen molar-refractivity contribution in [2.75, 3.05) is 31.1 Å². The van der Waals surface area contributed by atoms with E-state index in [0.717, 1.165) is 22.5 Å². The van der Waals surface area contributed by atoms with Crippen molar-refractivity contribution in [3.8, 4) is 0 Å². The van der Waals surface area contributed by atoms with Crippen molar-refractivity contribution in [2.24, 2.45) is 10.9 Å². The highest BCUT2D eigenvalue weighted by Gasteiger charge is 2.25. The zero-order valence-electron chi connectivity index (χ0n) is 21.4. The van der Waals surface area contributed by atoms with Crippen molar-refractivity contribution >= 4 is 34.4 Å². The Morgan fingerprint density at radius 1 is 1.11 bits per heavy atom. The molecule has 0 radical (unpaired) electrons. The van der Waals surface area contributed by atoms with Gasteiger partial charge in [-0.25, -0.2) is 14.4 Å². The zero-order valence-corrected chi connectivity index (χ0v) is 21.4. The molecule has 0 spiro atoms. The number of rotatable bonds is 8. The maximum atomic E-state index is 14.7. The monoisotopic (exact) mass is 515 g/mol. The summed E-state index contributed by atoms with van der Waals surface area (Å²) in [5.41, 5.74) is 3.68. The fourth-order valence-electron chi connectivity index (χ4n) is 4.18. The number of aromatic nitrogens is 3. The molecule has 1 aliphatic rings. The van der Waals surface area contributed by atoms with Crippen molar-refractivity contribution in [3.05, 3.63) is 89.6 Å². The number of allylic oxidation sites excluding steroid dienone is 6. The Labute approximate surface area is 220 Å². The summed E-state index contributed by atoms with van der Waals surface area (Å²) in [6, 6.07) is 8.36. The Morgan fingerprint density at radius 3 is 2.63 bits per heavy atom. The van der Waals surface area contributed by atoms with Gasteiger partial charge in [-0.1, -0.05) is 30.4 Å². The van der Waals surface area contributed by atoms with E-state index in [0.29, 0.717) is 44.0 Å². The second kappa shape index (κ2) is 12.1. The number of anilines is 1. The van der Waals surface area contributed by atoms with Crippen LogP contribution in [0.3, 0.4) is 0 Å². The number of nitrogens with two attached hydrogens (primary N) is 1. The van der Waals surface area contributed by atoms with E-state index in [-0.39, 0.29) is 17.3 Å². The van der Waals surface area contributed by atoms with Crippen molar-refractivity contribution in [1.82, 2.24) is 19.9 Å². The molecule has 0 unspecified atom stereocenters. The third-order valence-corrected chi connectivity index (χ3v) is 6.30. The highest BCUT2D eigenvalue weighted by atomic mass is 19.1. The van der Waals surface area contributed by atoms with Crippen molar-refractivity contribution in [2.45, 2.75) is 20.3 Å². The van der Waals surface area contributed by atoms with Gasteiger partial charge in [-0.3, -0.25) is 9.59 Å². The van der Waals surface area contributed by atoms with Gasteiger partial charge in [-0.15, -0.1) is 0 Å². The van der Waals surface area contributed by atoms with Crippen LogP contribution in [0.25, 0.3) is 11.2 Å². The number of hydrazone groups is 1. The van der Waals surface area contributed by atoms with Crippen LogP contribution in [0.1, 0.15) is 29.8 Å². The number of carbonyl (C=O) groups excluding carboxylic acids is 2. The van der Waals surface area contributed by atoms with E-state index < -0.39 is 5.82 Å². The number of fused-ring (bicyclic) bond motifs is 1. The van der Waals surface area contributed by atoms with Crippen LogP contribution in [0, 0.1) is 5.82 Å². The number of benzene rings is 1. The minimum atomic E-state index is -0.564. The molecule has 4 rings (SSSR count). The number of ketones is 1. The van der Waals surface area contributed by atoms with Crippen LogP contribution >= 0.6 is 0 Å². The van der Waals surface area contributed by atoms with Crippen LogP contribution in [0.2, 0.25) is 0 Å². The van der Waals surface area contributed by atoms with E-state index in [1.165, 1.54) is 19.1 Å². The predicted octanol–water partition coefficient (Wildman–Crippen LogP) is 3.56. The van der Waals surface area contributed by atoms with Gasteiger partial charge in [0, 0.05) is 32.6 Å². The molecule has 38 heavy (non-hydrogen) atoms. The molecule has 1 saturated heterocycles. The number of piperazine rings is 1. The van der Waals surface area contributed by atoms with Gasteiger partial charge in [0.05, 0.1) is 23.1 Å². The van der Waals surface area contributed by atoms with Crippen LogP contribution in [0.4, 0.5) is 10.2 Å². The van der Waals surface area contributed by atoms with E-state index in [1.807, 2.05) is 25.1 Å². The second-order valence-electron chi connectivity index (χ2n) is 8.99. The van der Waals surface area contributed by atoms with Crippen LogP contribution in [-0.2, 0) is 11.2 Å². The summed E-state index contributed by atoms with van der Waals surface area (Å²) in [6.07, 6.45) is 10.4. The van der Waals surface area contributed by atoms with E-state index in [1.54, 1.807) is 41.6 Å². The van der Waals surface area contributed by atoms with Gasteiger partial charge in [-0.2, -0.15) is 5.10 Å². The maximum Gasteiger partial charge on any atom is 0.256 e. The number of carbonyl (C=O) groups is 2. The number of pyridine rings is 1. The summed E-state index contributed by atoms with van der Waals surface area (Å²) >= 11 is 0. The Kier molecular flexibility index (Phi) is 8.42. The maximum absolute atomic E-state index is 14.7. The van der Waals surface area contributed by atoms with Crippen LogP contribution < -0.4 is 10.7 Å². The molecule has 10 heteroatoms. The summed E-state index contributed by atoms with van der Waals surface area (Å²) in [4.78, 5) is 39.7. The predicted molar refractivity (Wildman–Crippen MR) is 146 cm³/mol. The van der Waals surface area contributed by atoms with E-state index in [9.17, 15) is 14.0 Å². The van der Waals surface area contributed by atoms with Crippen molar-refractivity contribution in [1.29, 1.82) is 0 Å². The number of H-pyrrole nitrogens is 1. The number of hydrogen-bond donors (Lipinski definition) is 2. The summed E-state index contributed by atoms with van der Waals surface area (Å²) in [6.45, 7) is 5.40. The molecule has 1 fully saturated rings. The molecule has 1 aliphatic heterocycles. The Balaban J connectivity index is 1.41. The Hall–Kier alpha value is -4.60. The van der Waals surface area contributed by atoms with Gasteiger partial charge in [0.1, 0.15) is 11.6 Å². The topological polar surface area (TPSA) is 121 Å². The molecule has 9 nitrogen and oxygen atoms in total. The first-order chi connectivity index (χ1) is 18.4. The van der Waals surface area contributed by atoms with Gasteiger partial charge in [0.2, 0.25) is 0 Å². The van der Waals surface area contributed by atoms with Crippen LogP contribution in [0.5, 0.6) is 0 Å². The average molecular weight is 516 g/mol. The fourth-order valence-corrected chi connectivity index (χ4v) is 4.18. The quantitative estimate of drug-likeness (QED) is 0.156. The number of hydrogen-bond acceptors (Lipinski definition) is 7. The molecule has 0 saturated carbocycles. The molecular formula is C28H30FN7O2. The number of nitrogens with one attached hydrogen (secondary N) is 1. The smallest absolute Gasteiger partial charge is 0.256 e. The van der Waals surface area contributed by atoms with Gasteiger partial charge in [-0.05, 0) is 55.3 Å². The molecule has 3 N–H and O–H groups in total. The molecule has 2 aromatic heterocycles. The van der Waals surface area contributed by atoms with Crippen LogP contribution in [-0.4, -0.2) is 63.4 Å². The highest BCUT2D eigenvalue weighted by molar-refractivity contribution is 6.01. The van der Waals surface area contributed by atoms with Gasteiger partial charge >= 0.3 is 0 Å². The van der Waals surface area contributed by atoms with Crippen molar-refractivity contribution < 1.29 is 14.0 Å². The van der Waals surface area contributed by atoms with Crippen LogP contribution in [0.15, 0.2) is 77.7 Å². The lowest BCUT2D eigenvalue weighted by atomic mass is 10.00. The largest absolute Gasteiger partial charge is 0.353 e. The summed E-state index contributed by atoms with van der Waals surface area (Å²) in [5.74, 6) is 5.47. The number of nitrogens with zero attached hydrogens (tertiary/aromatic N) is 5. The average Bonchev–Trinajstić information content (AvgIpc) is 3.40. The number of amides is 1. The van der Waals surface area contributed by atoms with E-state index >= 15 is 0 Å². The SMILES string of the molecule is CC(=O)/C=C/C=C\C=C(C)\C(Cc1ccc(F)c(C(=O)N2CCN(c3ccc4[nH]cnc4n3)CC2)c1)=N/N. The third-order valence-electron chi connectivity index (χ3n) is 6.30. The van der Waals surface area contributed by atoms with Gasteiger partial charge < -0.3 is 20.6 Å². The number of halogens is 1. The fraction of sp³-hybridized carbons (Fsp3) is 0.250. The lowest BCUT2D eigenvalue weighted by Gasteiger charge is -2.35. The number of aromatic amines is 1. The zero-order chi connectivity index (χ0) is 27.1. The normalized spacial score (nSPS) is 15.2. The minimum absolute atomic E-state index is 0.0271. The highest BCUT2D eigenvalue weighted by Crippen LogP contribution is 2.20. The van der Waals surface area contributed by atoms with Gasteiger partial charge in [0.15, 0.2) is 11.4 Å².